The van der Waals surface area contributed by atoms with Crippen molar-refractivity contribution in [1.82, 2.24) is 5.32 Å². The summed E-state index contributed by atoms with van der Waals surface area (Å²) in [6.45, 7) is 1.43. The molecule has 1 aliphatic heterocycles. The van der Waals surface area contributed by atoms with Gasteiger partial charge in [-0.2, -0.15) is 0 Å². The molecule has 5 heteroatoms. The average molecular weight is 177 g/mol. The molecule has 0 aromatic heterocycles. The molecule has 1 fully saturated rings. The standard InChI is InChI=1S/C7H15NO4/c1-3-5(10)7(12)6(11)4(2-9)8-3/h3-12H,2H2,1H3/t3?,4-,5-,6?,7?/m1/s1. The van der Waals surface area contributed by atoms with E-state index >= 15 is 0 Å². The minimum absolute atomic E-state index is 0.255. The van der Waals surface area contributed by atoms with E-state index in [9.17, 15) is 15.3 Å². The Morgan fingerprint density at radius 1 is 1.08 bits per heavy atom. The average Bonchev–Trinajstić information content (AvgIpc) is 2.08. The molecule has 5 atom stereocenters. The van der Waals surface area contributed by atoms with Gasteiger partial charge in [0.2, 0.25) is 0 Å². The number of nitrogens with one attached hydrogen (secondary N) is 1. The maximum atomic E-state index is 9.29. The first-order valence-corrected chi connectivity index (χ1v) is 3.99. The van der Waals surface area contributed by atoms with Crippen molar-refractivity contribution in [1.29, 1.82) is 0 Å². The highest BCUT2D eigenvalue weighted by Crippen LogP contribution is 2.14. The van der Waals surface area contributed by atoms with Crippen LogP contribution >= 0.6 is 0 Å². The topological polar surface area (TPSA) is 93.0 Å². The van der Waals surface area contributed by atoms with Crippen LogP contribution in [-0.4, -0.2) is 57.4 Å². The molecule has 1 rings (SSSR count). The van der Waals surface area contributed by atoms with E-state index in [0.717, 1.165) is 0 Å². The van der Waals surface area contributed by atoms with E-state index in [1.807, 2.05) is 0 Å². The van der Waals surface area contributed by atoms with Crippen LogP contribution in [0.4, 0.5) is 0 Å². The van der Waals surface area contributed by atoms with Gasteiger partial charge in [0.15, 0.2) is 0 Å². The van der Waals surface area contributed by atoms with E-state index < -0.39 is 24.4 Å². The maximum Gasteiger partial charge on any atom is 0.109 e. The van der Waals surface area contributed by atoms with E-state index in [1.165, 1.54) is 0 Å². The van der Waals surface area contributed by atoms with Gasteiger partial charge in [-0.1, -0.05) is 0 Å². The minimum Gasteiger partial charge on any atom is -0.395 e. The Morgan fingerprint density at radius 2 is 1.67 bits per heavy atom. The Balaban J connectivity index is 2.63. The molecule has 0 aliphatic carbocycles. The van der Waals surface area contributed by atoms with Crippen molar-refractivity contribution < 1.29 is 20.4 Å². The molecule has 3 unspecified atom stereocenters. The SMILES string of the molecule is CC1N[C@H](CO)C(O)C(O)[C@@H]1O. The number of rotatable bonds is 1. The summed E-state index contributed by atoms with van der Waals surface area (Å²) < 4.78 is 0. The fourth-order valence-electron chi connectivity index (χ4n) is 1.43. The predicted octanol–water partition coefficient (Wildman–Crippen LogP) is -2.58. The van der Waals surface area contributed by atoms with E-state index in [2.05, 4.69) is 5.32 Å². The quantitative estimate of drug-likeness (QED) is 0.303. The van der Waals surface area contributed by atoms with Crippen molar-refractivity contribution in [2.45, 2.75) is 37.3 Å². The van der Waals surface area contributed by atoms with Crippen molar-refractivity contribution in [3.8, 4) is 0 Å². The highest BCUT2D eigenvalue weighted by atomic mass is 16.4. The van der Waals surface area contributed by atoms with Gasteiger partial charge in [0, 0.05) is 6.04 Å². The van der Waals surface area contributed by atoms with Crippen LogP contribution in [0.25, 0.3) is 0 Å². The van der Waals surface area contributed by atoms with E-state index in [-0.39, 0.29) is 12.6 Å². The van der Waals surface area contributed by atoms with Gasteiger partial charge in [0.1, 0.15) is 6.10 Å². The van der Waals surface area contributed by atoms with E-state index in [4.69, 9.17) is 5.11 Å². The van der Waals surface area contributed by atoms with Crippen LogP contribution in [-0.2, 0) is 0 Å². The summed E-state index contributed by atoms with van der Waals surface area (Å²) in [7, 11) is 0. The number of hydrogen-bond acceptors (Lipinski definition) is 5. The fraction of sp³-hybridized carbons (Fsp3) is 1.00. The van der Waals surface area contributed by atoms with Gasteiger partial charge in [-0.25, -0.2) is 0 Å². The molecular weight excluding hydrogens is 162 g/mol. The molecule has 0 spiro atoms. The lowest BCUT2D eigenvalue weighted by Gasteiger charge is -2.39. The summed E-state index contributed by atoms with van der Waals surface area (Å²) in [6, 6.07) is -0.876. The van der Waals surface area contributed by atoms with Crippen LogP contribution in [0.5, 0.6) is 0 Å². The number of piperidine rings is 1. The van der Waals surface area contributed by atoms with Crippen molar-refractivity contribution in [2.24, 2.45) is 0 Å². The Bertz CT molecular complexity index is 150. The molecule has 1 heterocycles. The Hall–Kier alpha value is -0.200. The summed E-state index contributed by atoms with van der Waals surface area (Å²) in [5, 5.41) is 39.4. The van der Waals surface area contributed by atoms with Gasteiger partial charge in [-0.15, -0.1) is 0 Å². The second kappa shape index (κ2) is 3.68. The van der Waals surface area contributed by atoms with Gasteiger partial charge in [0.05, 0.1) is 24.9 Å². The van der Waals surface area contributed by atoms with Crippen LogP contribution in [0, 0.1) is 0 Å². The van der Waals surface area contributed by atoms with Crippen molar-refractivity contribution in [3.05, 3.63) is 0 Å². The first kappa shape index (κ1) is 9.88. The summed E-state index contributed by atoms with van der Waals surface area (Å²) in [5.41, 5.74) is 0. The lowest BCUT2D eigenvalue weighted by atomic mass is 9.91. The van der Waals surface area contributed by atoms with Gasteiger partial charge >= 0.3 is 0 Å². The summed E-state index contributed by atoms with van der Waals surface area (Å²) >= 11 is 0. The zero-order valence-electron chi connectivity index (χ0n) is 6.88. The zero-order valence-corrected chi connectivity index (χ0v) is 6.88. The molecule has 0 aromatic carbocycles. The molecule has 72 valence electrons. The molecule has 0 bridgehead atoms. The van der Waals surface area contributed by atoms with Gasteiger partial charge in [-0.3, -0.25) is 0 Å². The molecular formula is C7H15NO4. The van der Waals surface area contributed by atoms with Gasteiger partial charge < -0.3 is 25.7 Å². The Labute approximate surface area is 70.6 Å². The first-order valence-electron chi connectivity index (χ1n) is 3.99. The van der Waals surface area contributed by atoms with Crippen LogP contribution in [0.3, 0.4) is 0 Å². The van der Waals surface area contributed by atoms with Gasteiger partial charge in [-0.05, 0) is 6.92 Å². The van der Waals surface area contributed by atoms with Gasteiger partial charge in [0.25, 0.3) is 0 Å². The first-order chi connectivity index (χ1) is 5.57. The molecule has 0 saturated carbocycles. The summed E-state index contributed by atoms with van der Waals surface area (Å²) in [5.74, 6) is 0. The van der Waals surface area contributed by atoms with Crippen molar-refractivity contribution in [3.63, 3.8) is 0 Å². The Kier molecular flexibility index (Phi) is 3.03. The predicted molar refractivity (Wildman–Crippen MR) is 41.5 cm³/mol. The molecule has 12 heavy (non-hydrogen) atoms. The fourth-order valence-corrected chi connectivity index (χ4v) is 1.43. The lowest BCUT2D eigenvalue weighted by Crippen LogP contribution is -2.64. The van der Waals surface area contributed by atoms with E-state index in [1.54, 1.807) is 6.92 Å². The van der Waals surface area contributed by atoms with Crippen LogP contribution < -0.4 is 5.32 Å². The third-order valence-electron chi connectivity index (χ3n) is 2.30. The third-order valence-corrected chi connectivity index (χ3v) is 2.30. The molecule has 5 nitrogen and oxygen atoms in total. The third kappa shape index (κ3) is 1.60. The van der Waals surface area contributed by atoms with Crippen LogP contribution in [0.2, 0.25) is 0 Å². The minimum atomic E-state index is -1.18. The monoisotopic (exact) mass is 177 g/mol. The second-order valence-electron chi connectivity index (χ2n) is 3.22. The normalized spacial score (nSPS) is 49.2. The molecule has 1 aliphatic rings. The summed E-state index contributed by atoms with van der Waals surface area (Å²) in [6.07, 6.45) is -3.28. The molecule has 1 saturated heterocycles. The number of aliphatic hydroxyl groups is 4. The van der Waals surface area contributed by atoms with Crippen LogP contribution in [0.1, 0.15) is 6.92 Å². The maximum absolute atomic E-state index is 9.29. The van der Waals surface area contributed by atoms with Crippen molar-refractivity contribution >= 4 is 0 Å². The van der Waals surface area contributed by atoms with Crippen molar-refractivity contribution in [2.75, 3.05) is 6.61 Å². The molecule has 5 N–H and O–H groups in total. The largest absolute Gasteiger partial charge is 0.395 e. The number of aliphatic hydroxyl groups excluding tert-OH is 4. The highest BCUT2D eigenvalue weighted by molar-refractivity contribution is 4.96. The molecule has 0 aromatic rings. The number of hydrogen-bond donors (Lipinski definition) is 5. The lowest BCUT2D eigenvalue weighted by molar-refractivity contribution is -0.116. The second-order valence-corrected chi connectivity index (χ2v) is 3.22. The molecule has 0 radical (unpaired) electrons. The highest BCUT2D eigenvalue weighted by Gasteiger charge is 2.39. The van der Waals surface area contributed by atoms with E-state index in [0.29, 0.717) is 0 Å². The van der Waals surface area contributed by atoms with Crippen LogP contribution in [0.15, 0.2) is 0 Å². The summed E-state index contributed by atoms with van der Waals surface area (Å²) in [4.78, 5) is 0. The smallest absolute Gasteiger partial charge is 0.109 e. The zero-order chi connectivity index (χ0) is 9.30. The molecule has 0 amide bonds. The Morgan fingerprint density at radius 3 is 2.17 bits per heavy atom.